The van der Waals surface area contributed by atoms with Gasteiger partial charge in [0.1, 0.15) is 30.4 Å². The molecule has 1 aromatic rings. The molecule has 5 unspecified atom stereocenters. The Morgan fingerprint density at radius 2 is 2.40 bits per heavy atom. The van der Waals surface area contributed by atoms with Crippen LogP contribution in [0.2, 0.25) is 0 Å². The third-order valence-corrected chi connectivity index (χ3v) is 3.31. The van der Waals surface area contributed by atoms with Gasteiger partial charge < -0.3 is 25.4 Å². The van der Waals surface area contributed by atoms with Gasteiger partial charge in [-0.15, -0.1) is 0 Å². The number of aliphatic hydroxyl groups excluding tert-OH is 2. The summed E-state index contributed by atoms with van der Waals surface area (Å²) in [5.74, 6) is 0.102. The van der Waals surface area contributed by atoms with Gasteiger partial charge in [0.05, 0.1) is 6.61 Å². The van der Waals surface area contributed by atoms with Crippen LogP contribution in [0.1, 0.15) is 6.23 Å². The number of hydrogen-bond acceptors (Lipinski definition) is 8. The van der Waals surface area contributed by atoms with Crippen LogP contribution in [0.4, 0.5) is 5.82 Å². The van der Waals surface area contributed by atoms with E-state index in [1.807, 2.05) is 0 Å². The van der Waals surface area contributed by atoms with Crippen molar-refractivity contribution in [2.24, 2.45) is 0 Å². The molecular formula is C11H16N4O5. The van der Waals surface area contributed by atoms with Gasteiger partial charge in [-0.1, -0.05) is 0 Å². The number of nitrogen functional groups attached to an aromatic ring is 1. The molecule has 2 aliphatic heterocycles. The summed E-state index contributed by atoms with van der Waals surface area (Å²) in [6, 6.07) is 1.45. The van der Waals surface area contributed by atoms with Gasteiger partial charge in [-0.25, -0.2) is 4.79 Å². The molecule has 0 amide bonds. The van der Waals surface area contributed by atoms with E-state index in [4.69, 9.17) is 15.2 Å². The Hall–Kier alpha value is -1.52. The third kappa shape index (κ3) is 2.41. The predicted octanol–water partition coefficient (Wildman–Crippen LogP) is -2.61. The number of rotatable bonds is 4. The zero-order valence-electron chi connectivity index (χ0n) is 10.5. The maximum atomic E-state index is 11.9. The van der Waals surface area contributed by atoms with Crippen LogP contribution >= 0.6 is 0 Å². The van der Waals surface area contributed by atoms with Crippen LogP contribution in [0.3, 0.4) is 0 Å². The molecule has 1 aromatic heterocycles. The summed E-state index contributed by atoms with van der Waals surface area (Å²) in [5.41, 5.74) is 4.84. The highest BCUT2D eigenvalue weighted by Crippen LogP contribution is 2.32. The molecule has 110 valence electrons. The monoisotopic (exact) mass is 284 g/mol. The number of nitrogens with zero attached hydrogens (tertiary/aromatic N) is 2. The molecule has 5 atom stereocenters. The number of hydrogen-bond donors (Lipinski definition) is 4. The quantitative estimate of drug-likeness (QED) is 0.441. The zero-order chi connectivity index (χ0) is 14.3. The number of anilines is 1. The Morgan fingerprint density at radius 1 is 1.65 bits per heavy atom. The second kappa shape index (κ2) is 5.11. The Labute approximate surface area is 113 Å². The lowest BCUT2D eigenvalue weighted by Crippen LogP contribution is -2.39. The summed E-state index contributed by atoms with van der Waals surface area (Å²) >= 11 is 0. The molecule has 2 saturated heterocycles. The van der Waals surface area contributed by atoms with Crippen LogP contribution in [0.15, 0.2) is 17.1 Å². The predicted molar refractivity (Wildman–Crippen MR) is 66.6 cm³/mol. The Bertz CT molecular complexity index is 546. The van der Waals surface area contributed by atoms with Crippen LogP contribution < -0.4 is 16.7 Å². The van der Waals surface area contributed by atoms with Crippen molar-refractivity contribution in [3.63, 3.8) is 0 Å². The van der Waals surface area contributed by atoms with E-state index in [1.54, 1.807) is 0 Å². The SMILES string of the molecule is Nc1ccn(C2OC(CO)C(O)C2OC2CN2)c(=O)n1. The van der Waals surface area contributed by atoms with Crippen molar-refractivity contribution < 1.29 is 19.7 Å². The lowest BCUT2D eigenvalue weighted by atomic mass is 10.1. The molecule has 9 heteroatoms. The first kappa shape index (κ1) is 13.5. The lowest BCUT2D eigenvalue weighted by Gasteiger charge is -2.21. The second-order valence-corrected chi connectivity index (χ2v) is 4.78. The van der Waals surface area contributed by atoms with Gasteiger partial charge in [-0.05, 0) is 6.07 Å². The van der Waals surface area contributed by atoms with E-state index < -0.39 is 30.2 Å². The van der Waals surface area contributed by atoms with Crippen molar-refractivity contribution in [1.29, 1.82) is 0 Å². The van der Waals surface area contributed by atoms with Crippen LogP contribution in [0.25, 0.3) is 0 Å². The average molecular weight is 284 g/mol. The lowest BCUT2D eigenvalue weighted by molar-refractivity contribution is -0.0804. The summed E-state index contributed by atoms with van der Waals surface area (Å²) < 4.78 is 12.3. The van der Waals surface area contributed by atoms with Gasteiger partial charge in [-0.3, -0.25) is 9.88 Å². The maximum absolute atomic E-state index is 11.9. The highest BCUT2D eigenvalue weighted by atomic mass is 16.6. The zero-order valence-corrected chi connectivity index (χ0v) is 10.5. The van der Waals surface area contributed by atoms with Gasteiger partial charge in [-0.2, -0.15) is 4.98 Å². The Balaban J connectivity index is 1.90. The molecule has 0 aliphatic carbocycles. The first-order valence-corrected chi connectivity index (χ1v) is 6.28. The fourth-order valence-corrected chi connectivity index (χ4v) is 2.19. The number of nitrogens with one attached hydrogen (secondary N) is 1. The number of aromatic nitrogens is 2. The highest BCUT2D eigenvalue weighted by Gasteiger charge is 2.47. The van der Waals surface area contributed by atoms with Crippen molar-refractivity contribution in [3.05, 3.63) is 22.7 Å². The van der Waals surface area contributed by atoms with Crippen LogP contribution in [0.5, 0.6) is 0 Å². The first-order chi connectivity index (χ1) is 9.60. The van der Waals surface area contributed by atoms with Crippen molar-refractivity contribution >= 4 is 5.82 Å². The molecule has 0 aromatic carbocycles. The summed E-state index contributed by atoms with van der Waals surface area (Å²) in [6.07, 6.45) is -2.21. The van der Waals surface area contributed by atoms with E-state index in [9.17, 15) is 15.0 Å². The molecule has 3 rings (SSSR count). The molecule has 3 heterocycles. The second-order valence-electron chi connectivity index (χ2n) is 4.78. The molecular weight excluding hydrogens is 268 g/mol. The number of nitrogens with two attached hydrogens (primary N) is 1. The van der Waals surface area contributed by atoms with Crippen molar-refractivity contribution in [2.75, 3.05) is 18.9 Å². The molecule has 0 radical (unpaired) electrons. The molecule has 0 spiro atoms. The molecule has 5 N–H and O–H groups in total. The topological polar surface area (TPSA) is 142 Å². The van der Waals surface area contributed by atoms with Crippen molar-refractivity contribution in [3.8, 4) is 0 Å². The maximum Gasteiger partial charge on any atom is 0.351 e. The first-order valence-electron chi connectivity index (χ1n) is 6.28. The van der Waals surface area contributed by atoms with E-state index >= 15 is 0 Å². The molecule has 2 fully saturated rings. The fraction of sp³-hybridized carbons (Fsp3) is 0.636. The highest BCUT2D eigenvalue weighted by molar-refractivity contribution is 5.23. The normalized spacial score (nSPS) is 36.2. The largest absolute Gasteiger partial charge is 0.394 e. The fourth-order valence-electron chi connectivity index (χ4n) is 2.19. The summed E-state index contributed by atoms with van der Waals surface area (Å²) in [4.78, 5) is 15.5. The van der Waals surface area contributed by atoms with Crippen LogP contribution in [-0.4, -0.2) is 57.5 Å². The van der Waals surface area contributed by atoms with Gasteiger partial charge in [0, 0.05) is 12.7 Å². The van der Waals surface area contributed by atoms with Crippen molar-refractivity contribution in [1.82, 2.24) is 14.9 Å². The van der Waals surface area contributed by atoms with Crippen LogP contribution in [0, 0.1) is 0 Å². The summed E-state index contributed by atoms with van der Waals surface area (Å²) in [6.45, 7) is 0.307. The minimum atomic E-state index is -1.03. The van der Waals surface area contributed by atoms with E-state index in [2.05, 4.69) is 10.3 Å². The number of aliphatic hydroxyl groups is 2. The van der Waals surface area contributed by atoms with E-state index in [0.29, 0.717) is 6.54 Å². The minimum absolute atomic E-state index is 0.102. The molecule has 0 bridgehead atoms. The van der Waals surface area contributed by atoms with E-state index in [0.717, 1.165) is 0 Å². The third-order valence-electron chi connectivity index (χ3n) is 3.31. The molecule has 0 saturated carbocycles. The standard InChI is InChI=1S/C11H16N4O5/c12-6-1-2-15(11(18)14-6)10-9(20-7-3-13-7)8(17)5(4-16)19-10/h1-2,5,7-10,13,16-17H,3-4H2,(H2,12,14,18). The van der Waals surface area contributed by atoms with Crippen molar-refractivity contribution in [2.45, 2.75) is 30.8 Å². The van der Waals surface area contributed by atoms with E-state index in [-0.39, 0.29) is 18.7 Å². The van der Waals surface area contributed by atoms with Gasteiger partial charge in [0.2, 0.25) is 0 Å². The minimum Gasteiger partial charge on any atom is -0.394 e. The molecule has 9 nitrogen and oxygen atoms in total. The Morgan fingerprint density at radius 3 is 3.00 bits per heavy atom. The number of ether oxygens (including phenoxy) is 2. The summed E-state index contributed by atoms with van der Waals surface area (Å²) in [7, 11) is 0. The van der Waals surface area contributed by atoms with Gasteiger partial charge in [0.25, 0.3) is 0 Å². The van der Waals surface area contributed by atoms with Gasteiger partial charge >= 0.3 is 5.69 Å². The molecule has 2 aliphatic rings. The van der Waals surface area contributed by atoms with Crippen LogP contribution in [-0.2, 0) is 9.47 Å². The van der Waals surface area contributed by atoms with E-state index in [1.165, 1.54) is 16.8 Å². The average Bonchev–Trinajstić information content (AvgIpc) is 3.17. The molecule has 20 heavy (non-hydrogen) atoms. The smallest absolute Gasteiger partial charge is 0.351 e. The summed E-state index contributed by atoms with van der Waals surface area (Å²) in [5, 5.41) is 22.2. The van der Waals surface area contributed by atoms with Gasteiger partial charge in [0.15, 0.2) is 6.23 Å². The Kier molecular flexibility index (Phi) is 3.44.